The van der Waals surface area contributed by atoms with Crippen LogP contribution >= 0.6 is 0 Å². The summed E-state index contributed by atoms with van der Waals surface area (Å²) in [5.41, 5.74) is 3.18. The molecule has 4 rings (SSSR count). The summed E-state index contributed by atoms with van der Waals surface area (Å²) in [6, 6.07) is 22.2. The van der Waals surface area contributed by atoms with Crippen LogP contribution in [-0.4, -0.2) is 36.2 Å². The van der Waals surface area contributed by atoms with Gasteiger partial charge in [-0.2, -0.15) is 13.2 Å². The first-order chi connectivity index (χ1) is 21.2. The van der Waals surface area contributed by atoms with E-state index in [4.69, 9.17) is 9.84 Å². The highest BCUT2D eigenvalue weighted by Gasteiger charge is 2.31. The van der Waals surface area contributed by atoms with E-state index in [0.717, 1.165) is 0 Å². The van der Waals surface area contributed by atoms with Crippen LogP contribution in [0.1, 0.15) is 35.4 Å². The van der Waals surface area contributed by atoms with Gasteiger partial charge in [-0.05, 0) is 83.8 Å². The maximum Gasteiger partial charge on any atom is 0.573 e. The summed E-state index contributed by atoms with van der Waals surface area (Å²) in [6.45, 7) is 1.71. The second-order valence-electron chi connectivity index (χ2n) is 9.76. The number of anilines is 1. The summed E-state index contributed by atoms with van der Waals surface area (Å²) in [4.78, 5) is 22.9. The lowest BCUT2D eigenvalue weighted by Crippen LogP contribution is -2.25. The molecule has 236 valence electrons. The number of hydrogen-bond acceptors (Lipinski definition) is 5. The van der Waals surface area contributed by atoms with Gasteiger partial charge in [-0.25, -0.2) is 0 Å². The lowest BCUT2D eigenvalue weighted by Gasteiger charge is -2.21. The SMILES string of the molecule is CC(Oc1ccc(C(=O)NCCC(=O)O)cc1)c1cc(-c2ccc(OC(F)(F)F)cc2)ccc1-c1ccc(NC(F)(F)F)cc1. The van der Waals surface area contributed by atoms with E-state index >= 15 is 0 Å². The number of carbonyl (C=O) groups is 2. The maximum atomic E-state index is 12.8. The minimum absolute atomic E-state index is 0.0338. The topological polar surface area (TPSA) is 96.9 Å². The molecule has 7 nitrogen and oxygen atoms in total. The average Bonchev–Trinajstić information content (AvgIpc) is 2.96. The number of carbonyl (C=O) groups excluding carboxylic acids is 1. The molecule has 1 unspecified atom stereocenters. The monoisotopic (exact) mass is 632 g/mol. The predicted molar refractivity (Wildman–Crippen MR) is 154 cm³/mol. The van der Waals surface area contributed by atoms with E-state index in [1.165, 1.54) is 66.0 Å². The van der Waals surface area contributed by atoms with Crippen molar-refractivity contribution in [3.63, 3.8) is 0 Å². The molecule has 0 saturated carbocycles. The highest BCUT2D eigenvalue weighted by molar-refractivity contribution is 5.94. The molecule has 45 heavy (non-hydrogen) atoms. The van der Waals surface area contributed by atoms with Crippen LogP contribution < -0.4 is 20.1 Å². The molecule has 0 aliphatic heterocycles. The Morgan fingerprint density at radius 2 is 1.36 bits per heavy atom. The standard InChI is InChI=1S/C32H26F6N2O5/c1-19(44-25-11-6-22(7-12-25)30(43)39-17-16-29(41)42)28-18-23(20-4-13-26(14-5-20)45-32(36,37)38)8-15-27(28)21-2-9-24(10-3-21)40-31(33,34)35/h2-15,18-19,40H,16-17H2,1H3,(H,39,43)(H,41,42). The molecule has 0 radical (unpaired) electrons. The van der Waals surface area contributed by atoms with Gasteiger partial charge in [0.05, 0.1) is 6.42 Å². The Morgan fingerprint density at radius 1 is 0.778 bits per heavy atom. The van der Waals surface area contributed by atoms with Crippen LogP contribution in [0, 0.1) is 0 Å². The molecule has 0 saturated heterocycles. The zero-order valence-electron chi connectivity index (χ0n) is 23.5. The van der Waals surface area contributed by atoms with E-state index < -0.39 is 30.6 Å². The van der Waals surface area contributed by atoms with Crippen molar-refractivity contribution in [3.8, 4) is 33.8 Å². The quantitative estimate of drug-likeness (QED) is 0.114. The molecule has 0 heterocycles. The molecule has 0 aliphatic rings. The van der Waals surface area contributed by atoms with Crippen molar-refractivity contribution in [2.75, 3.05) is 11.9 Å². The summed E-state index contributed by atoms with van der Waals surface area (Å²) in [5.74, 6) is -1.50. The van der Waals surface area contributed by atoms with E-state index in [9.17, 15) is 35.9 Å². The van der Waals surface area contributed by atoms with Gasteiger partial charge in [0.1, 0.15) is 17.6 Å². The third-order valence-electron chi connectivity index (χ3n) is 6.45. The Labute approximate surface area is 253 Å². The summed E-state index contributed by atoms with van der Waals surface area (Å²) >= 11 is 0. The van der Waals surface area contributed by atoms with Gasteiger partial charge in [-0.3, -0.25) is 14.9 Å². The minimum Gasteiger partial charge on any atom is -0.486 e. The molecular weight excluding hydrogens is 606 g/mol. The molecule has 0 fully saturated rings. The van der Waals surface area contributed by atoms with Gasteiger partial charge in [0.2, 0.25) is 0 Å². The molecule has 0 bridgehead atoms. The third kappa shape index (κ3) is 9.65. The number of amides is 1. The molecule has 1 atom stereocenters. The number of ether oxygens (including phenoxy) is 2. The van der Waals surface area contributed by atoms with Crippen LogP contribution in [0.4, 0.5) is 32.0 Å². The summed E-state index contributed by atoms with van der Waals surface area (Å²) in [5, 5.41) is 12.7. The number of alkyl halides is 6. The fourth-order valence-electron chi connectivity index (χ4n) is 4.42. The second kappa shape index (κ2) is 13.6. The number of hydrogen-bond donors (Lipinski definition) is 3. The van der Waals surface area contributed by atoms with E-state index in [1.807, 2.05) is 0 Å². The van der Waals surface area contributed by atoms with E-state index in [-0.39, 0.29) is 30.0 Å². The average molecular weight is 633 g/mol. The van der Waals surface area contributed by atoms with Gasteiger partial charge in [0.15, 0.2) is 0 Å². The molecule has 0 spiro atoms. The summed E-state index contributed by atoms with van der Waals surface area (Å²) in [7, 11) is 0. The third-order valence-corrected chi connectivity index (χ3v) is 6.45. The lowest BCUT2D eigenvalue weighted by molar-refractivity contribution is -0.274. The van der Waals surface area contributed by atoms with Crippen molar-refractivity contribution < 1.29 is 50.5 Å². The molecule has 3 N–H and O–H groups in total. The van der Waals surface area contributed by atoms with Crippen molar-refractivity contribution in [1.29, 1.82) is 0 Å². The normalized spacial score (nSPS) is 12.2. The summed E-state index contributed by atoms with van der Waals surface area (Å²) in [6.07, 6.45) is -10.3. The lowest BCUT2D eigenvalue weighted by atomic mass is 9.92. The highest BCUT2D eigenvalue weighted by atomic mass is 19.4. The van der Waals surface area contributed by atoms with Gasteiger partial charge < -0.3 is 19.9 Å². The zero-order chi connectivity index (χ0) is 32.8. The minimum atomic E-state index is -4.84. The Kier molecular flexibility index (Phi) is 9.90. The Morgan fingerprint density at radius 3 is 1.93 bits per heavy atom. The van der Waals surface area contributed by atoms with Crippen LogP contribution in [0.15, 0.2) is 91.0 Å². The molecular formula is C32H26F6N2O5. The Hall–Kier alpha value is -5.20. The van der Waals surface area contributed by atoms with Gasteiger partial charge >= 0.3 is 18.6 Å². The van der Waals surface area contributed by atoms with Crippen molar-refractivity contribution in [2.45, 2.75) is 32.1 Å². The largest absolute Gasteiger partial charge is 0.573 e. The maximum absolute atomic E-state index is 12.8. The highest BCUT2D eigenvalue weighted by Crippen LogP contribution is 2.36. The first kappa shape index (κ1) is 32.7. The fourth-order valence-corrected chi connectivity index (χ4v) is 4.42. The smallest absolute Gasteiger partial charge is 0.486 e. The number of halogens is 6. The predicted octanol–water partition coefficient (Wildman–Crippen LogP) is 8.20. The van der Waals surface area contributed by atoms with Crippen LogP contribution in [0.2, 0.25) is 0 Å². The molecule has 13 heteroatoms. The number of rotatable bonds is 11. The van der Waals surface area contributed by atoms with Crippen LogP contribution in [0.5, 0.6) is 11.5 Å². The van der Waals surface area contributed by atoms with Crippen molar-refractivity contribution in [2.24, 2.45) is 0 Å². The second-order valence-corrected chi connectivity index (χ2v) is 9.76. The van der Waals surface area contributed by atoms with E-state index in [1.54, 1.807) is 37.3 Å². The van der Waals surface area contributed by atoms with Crippen LogP contribution in [-0.2, 0) is 4.79 Å². The number of aliphatic carboxylic acids is 1. The first-order valence-electron chi connectivity index (χ1n) is 13.4. The van der Waals surface area contributed by atoms with Gasteiger partial charge in [-0.15, -0.1) is 13.2 Å². The van der Waals surface area contributed by atoms with Crippen molar-refractivity contribution in [3.05, 3.63) is 102 Å². The molecule has 0 aliphatic carbocycles. The Bertz CT molecular complexity index is 1620. The van der Waals surface area contributed by atoms with Crippen molar-refractivity contribution in [1.82, 2.24) is 5.32 Å². The molecule has 0 aromatic heterocycles. The Balaban J connectivity index is 1.62. The number of nitrogens with one attached hydrogen (secondary N) is 2. The molecule has 4 aromatic carbocycles. The van der Waals surface area contributed by atoms with Crippen molar-refractivity contribution >= 4 is 17.6 Å². The first-order valence-corrected chi connectivity index (χ1v) is 13.4. The van der Waals surface area contributed by atoms with Crippen LogP contribution in [0.25, 0.3) is 22.3 Å². The van der Waals surface area contributed by atoms with Crippen LogP contribution in [0.3, 0.4) is 0 Å². The number of carboxylic acids is 1. The fraction of sp³-hybridized carbons (Fsp3) is 0.188. The van der Waals surface area contributed by atoms with Gasteiger partial charge in [-0.1, -0.05) is 36.4 Å². The van der Waals surface area contributed by atoms with E-state index in [2.05, 4.69) is 10.1 Å². The number of carboxylic acid groups (broad SMARTS) is 1. The number of benzene rings is 4. The summed E-state index contributed by atoms with van der Waals surface area (Å²) < 4.78 is 86.2. The molecule has 4 aromatic rings. The van der Waals surface area contributed by atoms with E-state index in [0.29, 0.717) is 33.6 Å². The molecule has 1 amide bonds. The van der Waals surface area contributed by atoms with Gasteiger partial charge in [0, 0.05) is 23.4 Å². The van der Waals surface area contributed by atoms with Gasteiger partial charge in [0.25, 0.3) is 5.91 Å². The zero-order valence-corrected chi connectivity index (χ0v) is 23.5.